The van der Waals surface area contributed by atoms with Crippen molar-refractivity contribution in [1.29, 1.82) is 0 Å². The number of rotatable bonds is 4. The highest BCUT2D eigenvalue weighted by Gasteiger charge is 2.39. The van der Waals surface area contributed by atoms with Crippen molar-refractivity contribution in [2.24, 2.45) is 4.99 Å². The van der Waals surface area contributed by atoms with E-state index in [4.69, 9.17) is 0 Å². The predicted molar refractivity (Wildman–Crippen MR) is 81.2 cm³/mol. The van der Waals surface area contributed by atoms with Crippen LogP contribution in [0.2, 0.25) is 0 Å². The number of sulfonamides is 1. The molecule has 1 aliphatic rings. The third-order valence-electron chi connectivity index (χ3n) is 2.80. The van der Waals surface area contributed by atoms with E-state index in [1.165, 1.54) is 18.7 Å². The van der Waals surface area contributed by atoms with E-state index >= 15 is 0 Å². The number of carbonyl (C=O) groups is 2. The first-order chi connectivity index (χ1) is 9.85. The maximum atomic E-state index is 12.4. The number of hydrogen-bond acceptors (Lipinski definition) is 5. The van der Waals surface area contributed by atoms with Gasteiger partial charge in [0, 0.05) is 4.90 Å². The monoisotopic (exact) mass is 327 g/mol. The quantitative estimate of drug-likeness (QED) is 0.809. The van der Waals surface area contributed by atoms with Crippen molar-refractivity contribution in [2.45, 2.75) is 17.1 Å². The van der Waals surface area contributed by atoms with E-state index in [9.17, 15) is 18.0 Å². The Labute approximate surface area is 126 Å². The van der Waals surface area contributed by atoms with Crippen LogP contribution < -0.4 is 10.0 Å². The maximum absolute atomic E-state index is 12.4. The second-order valence-electron chi connectivity index (χ2n) is 4.27. The van der Waals surface area contributed by atoms with E-state index in [0.717, 1.165) is 4.90 Å². The molecule has 0 fully saturated rings. The molecule has 2 rings (SSSR count). The molecule has 21 heavy (non-hydrogen) atoms. The first-order valence-corrected chi connectivity index (χ1v) is 8.67. The zero-order chi connectivity index (χ0) is 15.6. The predicted octanol–water partition coefficient (Wildman–Crippen LogP) is 1.23. The van der Waals surface area contributed by atoms with Crippen molar-refractivity contribution >= 4 is 45.1 Å². The lowest BCUT2D eigenvalue weighted by Gasteiger charge is -2.21. The molecule has 1 unspecified atom stereocenters. The summed E-state index contributed by atoms with van der Waals surface area (Å²) in [6.07, 6.45) is 1.81. The summed E-state index contributed by atoms with van der Waals surface area (Å²) < 4.78 is 27.1. The summed E-state index contributed by atoms with van der Waals surface area (Å²) in [5.41, 5.74) is 0.320. The SMILES string of the molecule is CSc1ccccc1NS(=O)(=O)C1C(=O)NC(=O)N=C1C. The lowest BCUT2D eigenvalue weighted by Crippen LogP contribution is -2.51. The van der Waals surface area contributed by atoms with Crippen LogP contribution in [0.15, 0.2) is 34.2 Å². The lowest BCUT2D eigenvalue weighted by molar-refractivity contribution is -0.118. The standard InChI is InChI=1S/C12H13N3O4S2/c1-7-10(11(16)14-12(17)13-7)21(18,19)15-8-5-3-4-6-9(8)20-2/h3-6,10,15H,1-2H3,(H,14,16,17). The number of para-hydroxylation sites is 1. The number of thioether (sulfide) groups is 1. The van der Waals surface area contributed by atoms with Crippen molar-refractivity contribution in [3.8, 4) is 0 Å². The molecule has 0 aliphatic carbocycles. The Morgan fingerprint density at radius 3 is 2.57 bits per heavy atom. The highest BCUT2D eigenvalue weighted by molar-refractivity contribution is 7.99. The van der Waals surface area contributed by atoms with Gasteiger partial charge in [-0.1, -0.05) is 12.1 Å². The van der Waals surface area contributed by atoms with E-state index in [0.29, 0.717) is 5.69 Å². The molecule has 3 amide bonds. The first-order valence-electron chi connectivity index (χ1n) is 5.90. The van der Waals surface area contributed by atoms with Gasteiger partial charge >= 0.3 is 6.03 Å². The van der Waals surface area contributed by atoms with Crippen molar-refractivity contribution in [1.82, 2.24) is 5.32 Å². The molecule has 2 N–H and O–H groups in total. The van der Waals surface area contributed by atoms with Gasteiger partial charge in [0.25, 0.3) is 5.91 Å². The van der Waals surface area contributed by atoms with Crippen molar-refractivity contribution in [3.63, 3.8) is 0 Å². The number of amides is 3. The minimum Gasteiger partial charge on any atom is -0.281 e. The molecule has 1 heterocycles. The minimum atomic E-state index is -4.05. The summed E-state index contributed by atoms with van der Waals surface area (Å²) in [6.45, 7) is 1.33. The number of hydrogen-bond donors (Lipinski definition) is 2. The Hall–Kier alpha value is -1.87. The molecule has 0 saturated carbocycles. The first kappa shape index (κ1) is 15.5. The Morgan fingerprint density at radius 1 is 1.29 bits per heavy atom. The molecule has 1 aliphatic heterocycles. The molecule has 0 spiro atoms. The van der Waals surface area contributed by atoms with Crippen LogP contribution in [0.4, 0.5) is 10.5 Å². The van der Waals surface area contributed by atoms with Gasteiger partial charge in [-0.2, -0.15) is 0 Å². The molecule has 1 atom stereocenters. The number of benzene rings is 1. The molecule has 112 valence electrons. The topological polar surface area (TPSA) is 105 Å². The number of carbonyl (C=O) groups excluding carboxylic acids is 2. The summed E-state index contributed by atoms with van der Waals surface area (Å²) in [5, 5.41) is 0.367. The van der Waals surface area contributed by atoms with Gasteiger partial charge in [-0.3, -0.25) is 14.8 Å². The van der Waals surface area contributed by atoms with Gasteiger partial charge in [0.2, 0.25) is 10.0 Å². The molecule has 7 nitrogen and oxygen atoms in total. The molecule has 1 aromatic carbocycles. The Morgan fingerprint density at radius 2 is 1.95 bits per heavy atom. The summed E-state index contributed by atoms with van der Waals surface area (Å²) in [7, 11) is -4.05. The molecule has 9 heteroatoms. The number of nitrogens with zero attached hydrogens (tertiary/aromatic N) is 1. The van der Waals surface area contributed by atoms with Crippen LogP contribution in [0.5, 0.6) is 0 Å². The maximum Gasteiger partial charge on any atom is 0.347 e. The van der Waals surface area contributed by atoms with Crippen LogP contribution in [-0.4, -0.2) is 37.6 Å². The molecular weight excluding hydrogens is 314 g/mol. The average Bonchev–Trinajstić information content (AvgIpc) is 2.37. The number of aliphatic imine (C=N–C) groups is 1. The largest absolute Gasteiger partial charge is 0.347 e. The van der Waals surface area contributed by atoms with Gasteiger partial charge in [0.1, 0.15) is 0 Å². The van der Waals surface area contributed by atoms with E-state index in [1.54, 1.807) is 24.3 Å². The van der Waals surface area contributed by atoms with E-state index in [-0.39, 0.29) is 5.71 Å². The van der Waals surface area contributed by atoms with Gasteiger partial charge < -0.3 is 0 Å². The molecule has 0 saturated heterocycles. The number of imide groups is 1. The average molecular weight is 327 g/mol. The summed E-state index contributed by atoms with van der Waals surface area (Å²) in [4.78, 5) is 27.1. The third-order valence-corrected chi connectivity index (χ3v) is 5.27. The molecule has 1 aromatic rings. The minimum absolute atomic E-state index is 0.0575. The Kier molecular flexibility index (Phi) is 4.33. The molecule has 0 bridgehead atoms. The molecular formula is C12H13N3O4S2. The fourth-order valence-corrected chi connectivity index (χ4v) is 3.98. The van der Waals surface area contributed by atoms with Crippen molar-refractivity contribution in [2.75, 3.05) is 11.0 Å². The second kappa shape index (κ2) is 5.86. The fraction of sp³-hybridized carbons (Fsp3) is 0.250. The van der Waals surface area contributed by atoms with Gasteiger partial charge in [0.15, 0.2) is 5.25 Å². The normalized spacial score (nSPS) is 19.0. The Bertz CT molecular complexity index is 728. The van der Waals surface area contributed by atoms with Crippen LogP contribution in [-0.2, 0) is 14.8 Å². The van der Waals surface area contributed by atoms with Crippen LogP contribution in [0, 0.1) is 0 Å². The fourth-order valence-electron chi connectivity index (χ4n) is 1.91. The van der Waals surface area contributed by atoms with Crippen LogP contribution in [0.1, 0.15) is 6.92 Å². The number of urea groups is 1. The second-order valence-corrected chi connectivity index (χ2v) is 6.89. The van der Waals surface area contributed by atoms with Crippen molar-refractivity contribution < 1.29 is 18.0 Å². The van der Waals surface area contributed by atoms with Gasteiger partial charge in [-0.05, 0) is 25.3 Å². The smallest absolute Gasteiger partial charge is 0.281 e. The van der Waals surface area contributed by atoms with Gasteiger partial charge in [0.05, 0.1) is 11.4 Å². The highest BCUT2D eigenvalue weighted by atomic mass is 32.2. The molecule has 0 radical (unpaired) electrons. The van der Waals surface area contributed by atoms with Crippen LogP contribution in [0.3, 0.4) is 0 Å². The van der Waals surface area contributed by atoms with Crippen LogP contribution >= 0.6 is 11.8 Å². The van der Waals surface area contributed by atoms with E-state index in [1.807, 2.05) is 11.6 Å². The Balaban J connectivity index is 2.37. The van der Waals surface area contributed by atoms with Crippen molar-refractivity contribution in [3.05, 3.63) is 24.3 Å². The summed E-state index contributed by atoms with van der Waals surface area (Å²) in [5.74, 6) is -0.901. The zero-order valence-corrected chi connectivity index (χ0v) is 12.9. The summed E-state index contributed by atoms with van der Waals surface area (Å²) in [6, 6.07) is 5.97. The number of nitrogens with one attached hydrogen (secondary N) is 2. The highest BCUT2D eigenvalue weighted by Crippen LogP contribution is 2.26. The number of anilines is 1. The van der Waals surface area contributed by atoms with Crippen LogP contribution in [0.25, 0.3) is 0 Å². The van der Waals surface area contributed by atoms with E-state index < -0.39 is 27.2 Å². The summed E-state index contributed by atoms with van der Waals surface area (Å²) >= 11 is 1.37. The van der Waals surface area contributed by atoms with E-state index in [2.05, 4.69) is 9.71 Å². The third kappa shape index (κ3) is 3.24. The lowest BCUT2D eigenvalue weighted by atomic mass is 10.2. The zero-order valence-electron chi connectivity index (χ0n) is 11.3. The van der Waals surface area contributed by atoms with Gasteiger partial charge in [-0.25, -0.2) is 18.2 Å². The van der Waals surface area contributed by atoms with Gasteiger partial charge in [-0.15, -0.1) is 11.8 Å². The molecule has 0 aromatic heterocycles.